The van der Waals surface area contributed by atoms with E-state index in [0.29, 0.717) is 5.25 Å². The van der Waals surface area contributed by atoms with Crippen molar-refractivity contribution in [2.45, 2.75) is 18.6 Å². The lowest BCUT2D eigenvalue weighted by molar-refractivity contribution is 0.903. The van der Waals surface area contributed by atoms with Crippen LogP contribution in [0.3, 0.4) is 0 Å². The Balaban J connectivity index is 2.75. The predicted molar refractivity (Wildman–Crippen MR) is 48.5 cm³/mol. The van der Waals surface area contributed by atoms with E-state index in [2.05, 4.69) is 31.7 Å². The van der Waals surface area contributed by atoms with E-state index in [-0.39, 0.29) is 0 Å². The molecule has 0 radical (unpaired) electrons. The maximum absolute atomic E-state index is 4.42. The van der Waals surface area contributed by atoms with Gasteiger partial charge in [-0.2, -0.15) is 12.6 Å². The fourth-order valence-corrected chi connectivity index (χ4v) is 1.08. The highest BCUT2D eigenvalue weighted by atomic mass is 32.1. The topological polar surface area (TPSA) is 0 Å². The zero-order valence-electron chi connectivity index (χ0n) is 6.12. The molecule has 0 N–H and O–H groups in total. The Hall–Kier alpha value is -0.430. The van der Waals surface area contributed by atoms with Crippen molar-refractivity contribution in [2.24, 2.45) is 0 Å². The molecule has 0 fully saturated rings. The standard InChI is InChI=1S/C9H12S/c1-2-9(10)8-6-4-3-5-7-8/h3-7,9-10H,2H2,1H3. The minimum atomic E-state index is 0.404. The highest BCUT2D eigenvalue weighted by Gasteiger charge is 1.99. The van der Waals surface area contributed by atoms with Gasteiger partial charge in [-0.1, -0.05) is 37.3 Å². The highest BCUT2D eigenvalue weighted by Crippen LogP contribution is 2.21. The number of benzene rings is 1. The van der Waals surface area contributed by atoms with Crippen LogP contribution < -0.4 is 0 Å². The molecule has 0 aliphatic carbocycles. The lowest BCUT2D eigenvalue weighted by atomic mass is 10.1. The molecule has 0 spiro atoms. The van der Waals surface area contributed by atoms with Gasteiger partial charge in [0, 0.05) is 5.25 Å². The van der Waals surface area contributed by atoms with Gasteiger partial charge in [0.2, 0.25) is 0 Å². The molecule has 0 heterocycles. The van der Waals surface area contributed by atoms with E-state index >= 15 is 0 Å². The van der Waals surface area contributed by atoms with Crippen LogP contribution in [-0.2, 0) is 0 Å². The van der Waals surface area contributed by atoms with E-state index in [0.717, 1.165) is 6.42 Å². The van der Waals surface area contributed by atoms with Gasteiger partial charge in [-0.3, -0.25) is 0 Å². The van der Waals surface area contributed by atoms with Crippen LogP contribution in [0.2, 0.25) is 0 Å². The third kappa shape index (κ3) is 1.77. The first-order valence-electron chi connectivity index (χ1n) is 3.57. The summed E-state index contributed by atoms with van der Waals surface area (Å²) in [6.45, 7) is 2.14. The van der Waals surface area contributed by atoms with E-state index in [9.17, 15) is 0 Å². The van der Waals surface area contributed by atoms with Gasteiger partial charge in [0.15, 0.2) is 0 Å². The zero-order valence-corrected chi connectivity index (χ0v) is 7.01. The molecular weight excluding hydrogens is 140 g/mol. The van der Waals surface area contributed by atoms with Gasteiger partial charge >= 0.3 is 0 Å². The van der Waals surface area contributed by atoms with E-state index in [4.69, 9.17) is 0 Å². The van der Waals surface area contributed by atoms with Crippen LogP contribution in [0.1, 0.15) is 24.2 Å². The van der Waals surface area contributed by atoms with Crippen LogP contribution in [0.4, 0.5) is 0 Å². The van der Waals surface area contributed by atoms with E-state index in [1.165, 1.54) is 5.56 Å². The summed E-state index contributed by atoms with van der Waals surface area (Å²) >= 11 is 4.42. The summed E-state index contributed by atoms with van der Waals surface area (Å²) < 4.78 is 0. The maximum Gasteiger partial charge on any atom is 0.0264 e. The van der Waals surface area contributed by atoms with Gasteiger partial charge in [-0.25, -0.2) is 0 Å². The quantitative estimate of drug-likeness (QED) is 0.619. The third-order valence-corrected chi connectivity index (χ3v) is 2.23. The normalized spacial score (nSPS) is 13.0. The van der Waals surface area contributed by atoms with Crippen molar-refractivity contribution in [1.82, 2.24) is 0 Å². The Morgan fingerprint density at radius 1 is 1.30 bits per heavy atom. The molecule has 0 saturated carbocycles. The lowest BCUT2D eigenvalue weighted by Crippen LogP contribution is -1.85. The predicted octanol–water partition coefficient (Wildman–Crippen LogP) is 3.07. The summed E-state index contributed by atoms with van der Waals surface area (Å²) in [4.78, 5) is 0. The van der Waals surface area contributed by atoms with Crippen molar-refractivity contribution in [3.05, 3.63) is 35.9 Å². The van der Waals surface area contributed by atoms with Crippen molar-refractivity contribution < 1.29 is 0 Å². The first kappa shape index (κ1) is 7.67. The number of rotatable bonds is 2. The summed E-state index contributed by atoms with van der Waals surface area (Å²) in [5.41, 5.74) is 1.31. The van der Waals surface area contributed by atoms with E-state index in [1.54, 1.807) is 0 Å². The third-order valence-electron chi connectivity index (χ3n) is 1.57. The molecule has 1 unspecified atom stereocenters. The number of hydrogen-bond acceptors (Lipinski definition) is 1. The van der Waals surface area contributed by atoms with E-state index in [1.807, 2.05) is 18.2 Å². The molecular formula is C9H12S. The molecule has 0 amide bonds. The first-order valence-corrected chi connectivity index (χ1v) is 4.09. The minimum Gasteiger partial charge on any atom is -0.171 e. The summed E-state index contributed by atoms with van der Waals surface area (Å²) in [6, 6.07) is 10.4. The summed E-state index contributed by atoms with van der Waals surface area (Å²) in [5.74, 6) is 0. The monoisotopic (exact) mass is 152 g/mol. The molecule has 0 bridgehead atoms. The molecule has 0 aromatic heterocycles. The molecule has 0 aliphatic rings. The van der Waals surface area contributed by atoms with E-state index < -0.39 is 0 Å². The molecule has 1 aromatic carbocycles. The van der Waals surface area contributed by atoms with Gasteiger partial charge in [-0.15, -0.1) is 0 Å². The van der Waals surface area contributed by atoms with Gasteiger partial charge in [0.25, 0.3) is 0 Å². The van der Waals surface area contributed by atoms with Crippen molar-refractivity contribution in [2.75, 3.05) is 0 Å². The molecule has 1 aromatic rings. The second-order valence-corrected chi connectivity index (χ2v) is 2.96. The van der Waals surface area contributed by atoms with Gasteiger partial charge in [-0.05, 0) is 12.0 Å². The SMILES string of the molecule is CCC(S)c1ccccc1. The van der Waals surface area contributed by atoms with Gasteiger partial charge < -0.3 is 0 Å². The van der Waals surface area contributed by atoms with Crippen molar-refractivity contribution in [3.63, 3.8) is 0 Å². The number of thiol groups is 1. The highest BCUT2D eigenvalue weighted by molar-refractivity contribution is 7.80. The van der Waals surface area contributed by atoms with Gasteiger partial charge in [0.1, 0.15) is 0 Å². The molecule has 0 aliphatic heterocycles. The molecule has 1 rings (SSSR count). The number of hydrogen-bond donors (Lipinski definition) is 1. The Morgan fingerprint density at radius 2 is 1.90 bits per heavy atom. The molecule has 0 saturated heterocycles. The summed E-state index contributed by atoms with van der Waals surface area (Å²) in [5, 5.41) is 0.404. The maximum atomic E-state index is 4.42. The second-order valence-electron chi connectivity index (χ2n) is 2.33. The van der Waals surface area contributed by atoms with Crippen molar-refractivity contribution in [1.29, 1.82) is 0 Å². The zero-order chi connectivity index (χ0) is 7.40. The van der Waals surface area contributed by atoms with Gasteiger partial charge in [0.05, 0.1) is 0 Å². The minimum absolute atomic E-state index is 0.404. The second kappa shape index (κ2) is 3.67. The fraction of sp³-hybridized carbons (Fsp3) is 0.333. The van der Waals surface area contributed by atoms with Crippen LogP contribution >= 0.6 is 12.6 Å². The molecule has 0 nitrogen and oxygen atoms in total. The van der Waals surface area contributed by atoms with Crippen molar-refractivity contribution >= 4 is 12.6 Å². The van der Waals surface area contributed by atoms with Crippen molar-refractivity contribution in [3.8, 4) is 0 Å². The Labute approximate surface area is 67.7 Å². The van der Waals surface area contributed by atoms with Crippen LogP contribution in [0, 0.1) is 0 Å². The average molecular weight is 152 g/mol. The molecule has 54 valence electrons. The lowest BCUT2D eigenvalue weighted by Gasteiger charge is -2.05. The first-order chi connectivity index (χ1) is 4.84. The Kier molecular flexibility index (Phi) is 2.82. The summed E-state index contributed by atoms with van der Waals surface area (Å²) in [6.07, 6.45) is 1.09. The largest absolute Gasteiger partial charge is 0.171 e. The van der Waals surface area contributed by atoms with Crippen LogP contribution in [0.25, 0.3) is 0 Å². The van der Waals surface area contributed by atoms with Crippen LogP contribution in [-0.4, -0.2) is 0 Å². The Bertz CT molecular complexity index is 181. The van der Waals surface area contributed by atoms with Crippen LogP contribution in [0.5, 0.6) is 0 Å². The molecule has 1 atom stereocenters. The smallest absolute Gasteiger partial charge is 0.0264 e. The fourth-order valence-electron chi connectivity index (χ4n) is 0.911. The van der Waals surface area contributed by atoms with Crippen LogP contribution in [0.15, 0.2) is 30.3 Å². The summed E-state index contributed by atoms with van der Waals surface area (Å²) in [7, 11) is 0. The Morgan fingerprint density at radius 3 is 2.40 bits per heavy atom. The molecule has 1 heteroatoms. The molecule has 10 heavy (non-hydrogen) atoms. The average Bonchev–Trinajstić information content (AvgIpc) is 2.05.